The van der Waals surface area contributed by atoms with Gasteiger partial charge in [0, 0.05) is 11.6 Å². The second kappa shape index (κ2) is 8.61. The van der Waals surface area contributed by atoms with Gasteiger partial charge >= 0.3 is 5.97 Å². The summed E-state index contributed by atoms with van der Waals surface area (Å²) in [5.74, 6) is 0.948. The topological polar surface area (TPSA) is 74.5 Å². The van der Waals surface area contributed by atoms with E-state index < -0.39 is 12.1 Å². The van der Waals surface area contributed by atoms with Crippen molar-refractivity contribution in [3.8, 4) is 17.2 Å². The average molecular weight is 400 g/mol. The van der Waals surface area contributed by atoms with Crippen LogP contribution in [0.2, 0.25) is 0 Å². The first-order chi connectivity index (χ1) is 14.6. The molecule has 0 saturated heterocycles. The molecule has 0 spiro atoms. The molecular formula is C24H20N2O4. The summed E-state index contributed by atoms with van der Waals surface area (Å²) in [4.78, 5) is 12.2. The molecule has 4 aromatic rings. The van der Waals surface area contributed by atoms with E-state index in [9.17, 15) is 4.79 Å². The highest BCUT2D eigenvalue weighted by molar-refractivity contribution is 5.90. The first-order valence-corrected chi connectivity index (χ1v) is 9.48. The molecule has 0 bridgehead atoms. The number of hydrogen-bond donors (Lipinski definition) is 0. The first-order valence-electron chi connectivity index (χ1n) is 9.48. The van der Waals surface area contributed by atoms with Crippen LogP contribution in [-0.4, -0.2) is 23.3 Å². The van der Waals surface area contributed by atoms with E-state index in [-0.39, 0.29) is 5.89 Å². The van der Waals surface area contributed by atoms with E-state index in [1.165, 1.54) is 6.08 Å². The molecule has 0 aliphatic rings. The Balaban J connectivity index is 1.41. The van der Waals surface area contributed by atoms with Gasteiger partial charge in [-0.25, -0.2) is 4.79 Å². The molecule has 0 fully saturated rings. The Hall–Kier alpha value is -3.93. The van der Waals surface area contributed by atoms with Crippen LogP contribution in [0.3, 0.4) is 0 Å². The molecule has 150 valence electrons. The number of esters is 1. The van der Waals surface area contributed by atoms with Crippen LogP contribution in [0, 0.1) is 0 Å². The number of carbonyl (C=O) groups excluding carboxylic acids is 1. The van der Waals surface area contributed by atoms with E-state index >= 15 is 0 Å². The number of nitrogens with zero attached hydrogens (tertiary/aromatic N) is 2. The number of fused-ring (bicyclic) bond motifs is 1. The van der Waals surface area contributed by atoms with Crippen molar-refractivity contribution in [1.29, 1.82) is 0 Å². The number of carbonyl (C=O) groups is 1. The Labute approximate surface area is 173 Å². The van der Waals surface area contributed by atoms with E-state index in [0.717, 1.165) is 27.6 Å². The summed E-state index contributed by atoms with van der Waals surface area (Å²) in [6.45, 7) is 1.69. The Morgan fingerprint density at radius 1 is 1.00 bits per heavy atom. The van der Waals surface area contributed by atoms with Crippen LogP contribution in [0.25, 0.3) is 28.3 Å². The molecule has 4 rings (SSSR count). The van der Waals surface area contributed by atoms with Crippen molar-refractivity contribution >= 4 is 22.8 Å². The standard InChI is InChI=1S/C24H20N2O4/c1-16(23-25-26-24(30-23)18-6-4-3-5-7-18)29-22(27)13-9-17-8-10-20-15-21(28-2)12-11-19(20)14-17/h3-16H,1-2H3/b13-9+/t16-/m1/s1. The molecule has 1 heterocycles. The first kappa shape index (κ1) is 19.4. The lowest BCUT2D eigenvalue weighted by atomic mass is 10.1. The highest BCUT2D eigenvalue weighted by atomic mass is 16.6. The van der Waals surface area contributed by atoms with Gasteiger partial charge in [0.25, 0.3) is 5.89 Å². The minimum atomic E-state index is -0.656. The normalized spacial score (nSPS) is 12.2. The summed E-state index contributed by atoms with van der Waals surface area (Å²) in [5.41, 5.74) is 1.70. The molecule has 0 N–H and O–H groups in total. The number of ether oxygens (including phenoxy) is 2. The Morgan fingerprint density at radius 2 is 1.77 bits per heavy atom. The SMILES string of the molecule is COc1ccc2cc(/C=C/C(=O)O[C@H](C)c3nnc(-c4ccccc4)o3)ccc2c1. The smallest absolute Gasteiger partial charge is 0.331 e. The summed E-state index contributed by atoms with van der Waals surface area (Å²) in [7, 11) is 1.64. The third-order valence-electron chi connectivity index (χ3n) is 4.59. The molecule has 0 amide bonds. The maximum atomic E-state index is 12.2. The lowest BCUT2D eigenvalue weighted by molar-refractivity contribution is -0.143. The molecule has 6 heteroatoms. The zero-order valence-corrected chi connectivity index (χ0v) is 16.6. The molecule has 0 unspecified atom stereocenters. The summed E-state index contributed by atoms with van der Waals surface area (Å²) < 4.78 is 16.3. The highest BCUT2D eigenvalue weighted by Gasteiger charge is 2.18. The van der Waals surface area contributed by atoms with E-state index in [0.29, 0.717) is 5.89 Å². The van der Waals surface area contributed by atoms with Gasteiger partial charge in [0.2, 0.25) is 5.89 Å². The van der Waals surface area contributed by atoms with Gasteiger partial charge in [0.05, 0.1) is 7.11 Å². The Bertz CT molecular complexity index is 1200. The van der Waals surface area contributed by atoms with Gasteiger partial charge in [0.1, 0.15) is 5.75 Å². The quantitative estimate of drug-likeness (QED) is 0.326. The molecule has 3 aromatic carbocycles. The zero-order valence-electron chi connectivity index (χ0n) is 16.6. The second-order valence-corrected chi connectivity index (χ2v) is 6.70. The van der Waals surface area contributed by atoms with E-state index in [4.69, 9.17) is 13.9 Å². The van der Waals surface area contributed by atoms with Gasteiger partial charge in [0.15, 0.2) is 6.10 Å². The predicted molar refractivity (Wildman–Crippen MR) is 114 cm³/mol. The molecule has 30 heavy (non-hydrogen) atoms. The third kappa shape index (κ3) is 4.38. The maximum absolute atomic E-state index is 12.2. The fourth-order valence-corrected chi connectivity index (χ4v) is 3.00. The Morgan fingerprint density at radius 3 is 2.57 bits per heavy atom. The zero-order chi connectivity index (χ0) is 20.9. The molecule has 1 aromatic heterocycles. The van der Waals surface area contributed by atoms with Crippen molar-refractivity contribution in [3.63, 3.8) is 0 Å². The maximum Gasteiger partial charge on any atom is 0.331 e. The summed E-state index contributed by atoms with van der Waals surface area (Å²) in [6, 6.07) is 21.2. The largest absolute Gasteiger partial charge is 0.497 e. The van der Waals surface area contributed by atoms with Crippen LogP contribution in [-0.2, 0) is 9.53 Å². The van der Waals surface area contributed by atoms with Crippen LogP contribution < -0.4 is 4.74 Å². The minimum Gasteiger partial charge on any atom is -0.497 e. The van der Waals surface area contributed by atoms with Crippen molar-refractivity contribution in [2.75, 3.05) is 7.11 Å². The average Bonchev–Trinajstić information content (AvgIpc) is 3.28. The number of rotatable bonds is 6. The lowest BCUT2D eigenvalue weighted by Crippen LogP contribution is -2.06. The fraction of sp³-hybridized carbons (Fsp3) is 0.125. The van der Waals surface area contributed by atoms with Crippen molar-refractivity contribution < 1.29 is 18.7 Å². The third-order valence-corrected chi connectivity index (χ3v) is 4.59. The molecule has 1 atom stereocenters. The molecule has 0 aliphatic heterocycles. The fourth-order valence-electron chi connectivity index (χ4n) is 3.00. The Kier molecular flexibility index (Phi) is 5.57. The van der Waals surface area contributed by atoms with Gasteiger partial charge in [-0.05, 0) is 59.7 Å². The molecule has 0 radical (unpaired) electrons. The summed E-state index contributed by atoms with van der Waals surface area (Å²) >= 11 is 0. The van der Waals surface area contributed by atoms with Gasteiger partial charge in [-0.2, -0.15) is 0 Å². The van der Waals surface area contributed by atoms with Crippen molar-refractivity contribution in [3.05, 3.63) is 84.3 Å². The van der Waals surface area contributed by atoms with E-state index in [1.807, 2.05) is 66.7 Å². The number of hydrogen-bond acceptors (Lipinski definition) is 6. The van der Waals surface area contributed by atoms with Crippen molar-refractivity contribution in [2.45, 2.75) is 13.0 Å². The number of methoxy groups -OCH3 is 1. The molecular weight excluding hydrogens is 380 g/mol. The van der Waals surface area contributed by atoms with Gasteiger partial charge in [-0.1, -0.05) is 36.4 Å². The number of benzene rings is 3. The van der Waals surface area contributed by atoms with Crippen LogP contribution in [0.5, 0.6) is 5.75 Å². The molecule has 0 aliphatic carbocycles. The van der Waals surface area contributed by atoms with Crippen molar-refractivity contribution in [2.24, 2.45) is 0 Å². The molecule has 0 saturated carbocycles. The monoisotopic (exact) mass is 400 g/mol. The summed E-state index contributed by atoms with van der Waals surface area (Å²) in [5, 5.41) is 10.1. The van der Waals surface area contributed by atoms with Gasteiger partial charge in [-0.3, -0.25) is 0 Å². The minimum absolute atomic E-state index is 0.246. The molecule has 6 nitrogen and oxygen atoms in total. The highest BCUT2D eigenvalue weighted by Crippen LogP contribution is 2.24. The van der Waals surface area contributed by atoms with Gasteiger partial charge in [-0.15, -0.1) is 10.2 Å². The summed E-state index contributed by atoms with van der Waals surface area (Å²) in [6.07, 6.45) is 2.44. The van der Waals surface area contributed by atoms with E-state index in [2.05, 4.69) is 10.2 Å². The van der Waals surface area contributed by atoms with Gasteiger partial charge < -0.3 is 13.9 Å². The van der Waals surface area contributed by atoms with Crippen LogP contribution >= 0.6 is 0 Å². The van der Waals surface area contributed by atoms with Crippen LogP contribution in [0.15, 0.2) is 77.2 Å². The number of aromatic nitrogens is 2. The van der Waals surface area contributed by atoms with E-state index in [1.54, 1.807) is 20.1 Å². The van der Waals surface area contributed by atoms with Crippen LogP contribution in [0.1, 0.15) is 24.5 Å². The van der Waals surface area contributed by atoms with Crippen LogP contribution in [0.4, 0.5) is 0 Å². The second-order valence-electron chi connectivity index (χ2n) is 6.70. The lowest BCUT2D eigenvalue weighted by Gasteiger charge is -2.07. The predicted octanol–water partition coefficient (Wildman–Crippen LogP) is 5.22. The van der Waals surface area contributed by atoms with Crippen molar-refractivity contribution in [1.82, 2.24) is 10.2 Å².